The number of amides is 2. The van der Waals surface area contributed by atoms with E-state index in [4.69, 9.17) is 11.6 Å². The van der Waals surface area contributed by atoms with Gasteiger partial charge in [-0.1, -0.05) is 35.9 Å². The van der Waals surface area contributed by atoms with Crippen molar-refractivity contribution in [2.45, 2.75) is 19.8 Å². The van der Waals surface area contributed by atoms with Gasteiger partial charge in [-0.25, -0.2) is 0 Å². The maximum absolute atomic E-state index is 12.6. The first-order valence-electron chi connectivity index (χ1n) is 7.23. The lowest BCUT2D eigenvalue weighted by Gasteiger charge is -2.15. The summed E-state index contributed by atoms with van der Waals surface area (Å²) < 4.78 is 0. The van der Waals surface area contributed by atoms with E-state index in [9.17, 15) is 9.59 Å². The van der Waals surface area contributed by atoms with Gasteiger partial charge < -0.3 is 0 Å². The van der Waals surface area contributed by atoms with E-state index in [2.05, 4.69) is 0 Å². The van der Waals surface area contributed by atoms with E-state index in [1.165, 1.54) is 4.90 Å². The Balaban J connectivity index is 1.84. The highest BCUT2D eigenvalue weighted by molar-refractivity contribution is 6.30. The average molecular weight is 314 g/mol. The number of benzene rings is 2. The van der Waals surface area contributed by atoms with E-state index >= 15 is 0 Å². The van der Waals surface area contributed by atoms with Gasteiger partial charge in [-0.05, 0) is 48.7 Å². The van der Waals surface area contributed by atoms with Gasteiger partial charge in [0.25, 0.3) is 0 Å². The minimum absolute atomic E-state index is 0.129. The van der Waals surface area contributed by atoms with Gasteiger partial charge in [0.2, 0.25) is 11.8 Å². The van der Waals surface area contributed by atoms with E-state index in [0.29, 0.717) is 17.1 Å². The average Bonchev–Trinajstić information content (AvgIpc) is 2.78. The second-order valence-electron chi connectivity index (χ2n) is 5.58. The van der Waals surface area contributed by atoms with E-state index in [1.54, 1.807) is 12.1 Å². The zero-order valence-electron chi connectivity index (χ0n) is 12.3. The van der Waals surface area contributed by atoms with Gasteiger partial charge >= 0.3 is 0 Å². The van der Waals surface area contributed by atoms with Crippen molar-refractivity contribution in [3.63, 3.8) is 0 Å². The third kappa shape index (κ3) is 2.77. The van der Waals surface area contributed by atoms with Crippen LogP contribution in [-0.2, 0) is 16.0 Å². The van der Waals surface area contributed by atoms with E-state index in [-0.39, 0.29) is 24.2 Å². The van der Waals surface area contributed by atoms with Crippen LogP contribution in [-0.4, -0.2) is 11.8 Å². The van der Waals surface area contributed by atoms with Crippen LogP contribution in [0.2, 0.25) is 5.02 Å². The summed E-state index contributed by atoms with van der Waals surface area (Å²) in [6.07, 6.45) is 0.792. The van der Waals surface area contributed by atoms with E-state index in [0.717, 1.165) is 11.1 Å². The Kier molecular flexibility index (Phi) is 3.99. The number of rotatable bonds is 3. The molecule has 3 nitrogen and oxygen atoms in total. The highest BCUT2D eigenvalue weighted by Gasteiger charge is 2.39. The largest absolute Gasteiger partial charge is 0.274 e. The van der Waals surface area contributed by atoms with Crippen LogP contribution in [0.3, 0.4) is 0 Å². The summed E-state index contributed by atoms with van der Waals surface area (Å²) in [4.78, 5) is 26.1. The quantitative estimate of drug-likeness (QED) is 0.809. The van der Waals surface area contributed by atoms with Crippen molar-refractivity contribution in [2.75, 3.05) is 4.90 Å². The number of aryl methyl sites for hydroxylation is 1. The molecule has 0 saturated carbocycles. The number of para-hydroxylation sites is 1. The summed E-state index contributed by atoms with van der Waals surface area (Å²) in [5, 5.41) is 0.650. The highest BCUT2D eigenvalue weighted by Crippen LogP contribution is 2.29. The van der Waals surface area contributed by atoms with Gasteiger partial charge in [-0.15, -0.1) is 0 Å². The number of anilines is 1. The SMILES string of the molecule is Cc1ccc(Cl)cc1CC1CC(=O)N(c2ccccc2)C1=O. The van der Waals surface area contributed by atoms with Crippen LogP contribution < -0.4 is 4.90 Å². The first-order valence-corrected chi connectivity index (χ1v) is 7.61. The third-order valence-electron chi connectivity index (χ3n) is 4.03. The first-order chi connectivity index (χ1) is 10.6. The molecule has 2 amide bonds. The Morgan fingerprint density at radius 1 is 1.14 bits per heavy atom. The number of halogens is 1. The summed E-state index contributed by atoms with van der Waals surface area (Å²) in [6.45, 7) is 1.99. The van der Waals surface area contributed by atoms with Crippen molar-refractivity contribution in [2.24, 2.45) is 5.92 Å². The van der Waals surface area contributed by atoms with Gasteiger partial charge in [0.1, 0.15) is 0 Å². The molecule has 3 rings (SSSR count). The Hall–Kier alpha value is -2.13. The lowest BCUT2D eigenvalue weighted by Crippen LogP contribution is -2.30. The van der Waals surface area contributed by atoms with Gasteiger partial charge in [-0.2, -0.15) is 0 Å². The molecule has 112 valence electrons. The molecule has 1 heterocycles. The lowest BCUT2D eigenvalue weighted by molar-refractivity contribution is -0.122. The molecular formula is C18H16ClNO2. The van der Waals surface area contributed by atoms with Gasteiger partial charge in [-0.3, -0.25) is 14.5 Å². The van der Waals surface area contributed by atoms with Crippen LogP contribution in [0.15, 0.2) is 48.5 Å². The Bertz CT molecular complexity index is 727. The third-order valence-corrected chi connectivity index (χ3v) is 4.27. The predicted molar refractivity (Wildman–Crippen MR) is 86.9 cm³/mol. The van der Waals surface area contributed by atoms with Crippen LogP contribution in [0.4, 0.5) is 5.69 Å². The maximum Gasteiger partial charge on any atom is 0.237 e. The minimum Gasteiger partial charge on any atom is -0.274 e. The molecule has 0 N–H and O–H groups in total. The number of carbonyl (C=O) groups excluding carboxylic acids is 2. The molecule has 4 heteroatoms. The number of hydrogen-bond acceptors (Lipinski definition) is 2. The van der Waals surface area contributed by atoms with Gasteiger partial charge in [0, 0.05) is 11.4 Å². The van der Waals surface area contributed by atoms with Crippen molar-refractivity contribution in [1.29, 1.82) is 0 Å². The number of imide groups is 1. The molecule has 0 aromatic heterocycles. The standard InChI is InChI=1S/C18H16ClNO2/c1-12-7-8-15(19)10-13(12)9-14-11-17(21)20(18(14)22)16-5-3-2-4-6-16/h2-8,10,14H,9,11H2,1H3. The molecular weight excluding hydrogens is 298 g/mol. The molecule has 22 heavy (non-hydrogen) atoms. The molecule has 2 aromatic carbocycles. The highest BCUT2D eigenvalue weighted by atomic mass is 35.5. The van der Waals surface area contributed by atoms with Crippen LogP contribution in [0.5, 0.6) is 0 Å². The monoisotopic (exact) mass is 313 g/mol. The van der Waals surface area contributed by atoms with Crippen LogP contribution >= 0.6 is 11.6 Å². The minimum atomic E-state index is -0.315. The van der Waals surface area contributed by atoms with Crippen LogP contribution in [0.25, 0.3) is 0 Å². The molecule has 0 radical (unpaired) electrons. The molecule has 0 aliphatic carbocycles. The molecule has 2 aromatic rings. The van der Waals surface area contributed by atoms with Crippen LogP contribution in [0.1, 0.15) is 17.5 Å². The van der Waals surface area contributed by atoms with Gasteiger partial charge in [0.05, 0.1) is 11.6 Å². The van der Waals surface area contributed by atoms with Crippen molar-refractivity contribution >= 4 is 29.1 Å². The fraction of sp³-hybridized carbons (Fsp3) is 0.222. The van der Waals surface area contributed by atoms with Crippen molar-refractivity contribution in [1.82, 2.24) is 0 Å². The molecule has 1 fully saturated rings. The molecule has 1 unspecified atom stereocenters. The molecule has 1 saturated heterocycles. The Morgan fingerprint density at radius 3 is 2.59 bits per heavy atom. The lowest BCUT2D eigenvalue weighted by atomic mass is 9.95. The van der Waals surface area contributed by atoms with Gasteiger partial charge in [0.15, 0.2) is 0 Å². The summed E-state index contributed by atoms with van der Waals surface area (Å²) in [7, 11) is 0. The summed E-state index contributed by atoms with van der Waals surface area (Å²) >= 11 is 6.03. The van der Waals surface area contributed by atoms with E-state index < -0.39 is 0 Å². The zero-order valence-corrected chi connectivity index (χ0v) is 13.0. The fourth-order valence-corrected chi connectivity index (χ4v) is 3.02. The molecule has 1 atom stereocenters. The van der Waals surface area contributed by atoms with Crippen LogP contribution in [0, 0.1) is 12.8 Å². The Morgan fingerprint density at radius 2 is 1.86 bits per heavy atom. The van der Waals surface area contributed by atoms with Crippen molar-refractivity contribution in [3.8, 4) is 0 Å². The molecule has 0 bridgehead atoms. The second-order valence-corrected chi connectivity index (χ2v) is 6.02. The summed E-state index contributed by atoms with van der Waals surface area (Å²) in [5.74, 6) is -0.582. The second kappa shape index (κ2) is 5.93. The topological polar surface area (TPSA) is 37.4 Å². The normalized spacial score (nSPS) is 18.1. The number of hydrogen-bond donors (Lipinski definition) is 0. The molecule has 1 aliphatic heterocycles. The smallest absolute Gasteiger partial charge is 0.237 e. The van der Waals surface area contributed by atoms with E-state index in [1.807, 2.05) is 43.3 Å². The molecule has 1 aliphatic rings. The Labute approximate surface area is 134 Å². The predicted octanol–water partition coefficient (Wildman–Crippen LogP) is 3.77. The number of carbonyl (C=O) groups is 2. The van der Waals surface area contributed by atoms with Crippen molar-refractivity contribution in [3.05, 3.63) is 64.7 Å². The fourth-order valence-electron chi connectivity index (χ4n) is 2.83. The number of nitrogens with zero attached hydrogens (tertiary/aromatic N) is 1. The first kappa shape index (κ1) is 14.8. The zero-order chi connectivity index (χ0) is 15.7. The van der Waals surface area contributed by atoms with Crippen molar-refractivity contribution < 1.29 is 9.59 Å². The molecule has 0 spiro atoms. The summed E-state index contributed by atoms with van der Waals surface area (Å²) in [6, 6.07) is 14.7. The summed E-state index contributed by atoms with van der Waals surface area (Å²) in [5.41, 5.74) is 2.75. The maximum atomic E-state index is 12.6.